The molecule has 3 nitrogen and oxygen atoms in total. The minimum Gasteiger partial charge on any atom is -0.488 e. The SMILES string of the molecule is CN(C)C1CCc2c(c3c(OCc4ccccc4)cccc3n2C)C1. The molecule has 2 aromatic carbocycles. The zero-order valence-corrected chi connectivity index (χ0v) is 15.3. The molecule has 1 unspecified atom stereocenters. The number of aromatic nitrogens is 1. The number of hydrogen-bond acceptors (Lipinski definition) is 2. The van der Waals surface area contributed by atoms with Crippen molar-refractivity contribution >= 4 is 10.9 Å². The van der Waals surface area contributed by atoms with Gasteiger partial charge in [0.25, 0.3) is 0 Å². The Hall–Kier alpha value is -2.26. The predicted molar refractivity (Wildman–Crippen MR) is 103 cm³/mol. The summed E-state index contributed by atoms with van der Waals surface area (Å²) in [5.74, 6) is 1.01. The second-order valence-electron chi connectivity index (χ2n) is 7.27. The van der Waals surface area contributed by atoms with Crippen molar-refractivity contribution in [3.05, 3.63) is 65.4 Å². The van der Waals surface area contributed by atoms with Crippen molar-refractivity contribution in [2.45, 2.75) is 31.9 Å². The number of rotatable bonds is 4. The predicted octanol–water partition coefficient (Wildman–Crippen LogP) is 4.18. The molecule has 3 heteroatoms. The fourth-order valence-corrected chi connectivity index (χ4v) is 4.07. The summed E-state index contributed by atoms with van der Waals surface area (Å²) in [6, 6.07) is 17.4. The number of hydrogen-bond donors (Lipinski definition) is 0. The number of aryl methyl sites for hydroxylation is 1. The molecule has 0 fully saturated rings. The third kappa shape index (κ3) is 2.93. The van der Waals surface area contributed by atoms with Gasteiger partial charge in [0.2, 0.25) is 0 Å². The number of ether oxygens (including phenoxy) is 1. The van der Waals surface area contributed by atoms with Gasteiger partial charge in [0.15, 0.2) is 0 Å². The van der Waals surface area contributed by atoms with Gasteiger partial charge in [0, 0.05) is 24.2 Å². The van der Waals surface area contributed by atoms with Crippen molar-refractivity contribution in [2.75, 3.05) is 14.1 Å². The Morgan fingerprint density at radius 2 is 1.88 bits per heavy atom. The first-order valence-electron chi connectivity index (χ1n) is 9.07. The van der Waals surface area contributed by atoms with Gasteiger partial charge in [-0.05, 0) is 56.6 Å². The number of nitrogens with zero attached hydrogens (tertiary/aromatic N) is 2. The Labute approximate surface area is 149 Å². The maximum absolute atomic E-state index is 6.25. The molecule has 1 aromatic heterocycles. The first-order chi connectivity index (χ1) is 12.1. The number of likely N-dealkylation sites (N-methyl/N-ethyl adjacent to an activating group) is 1. The highest BCUT2D eigenvalue weighted by molar-refractivity contribution is 5.91. The molecule has 25 heavy (non-hydrogen) atoms. The lowest BCUT2D eigenvalue weighted by Crippen LogP contribution is -2.33. The third-order valence-corrected chi connectivity index (χ3v) is 5.54. The maximum atomic E-state index is 6.25. The molecule has 130 valence electrons. The summed E-state index contributed by atoms with van der Waals surface area (Å²) in [5, 5.41) is 1.31. The average Bonchev–Trinajstić information content (AvgIpc) is 2.93. The minimum absolute atomic E-state index is 0.611. The lowest BCUT2D eigenvalue weighted by molar-refractivity contribution is 0.266. The lowest BCUT2D eigenvalue weighted by Gasteiger charge is -2.29. The highest BCUT2D eigenvalue weighted by Gasteiger charge is 2.27. The molecule has 0 radical (unpaired) electrons. The highest BCUT2D eigenvalue weighted by Crippen LogP contribution is 2.38. The summed E-state index contributed by atoms with van der Waals surface area (Å²) in [6.45, 7) is 0.612. The maximum Gasteiger partial charge on any atom is 0.129 e. The van der Waals surface area contributed by atoms with E-state index in [2.05, 4.69) is 73.1 Å². The number of fused-ring (bicyclic) bond motifs is 3. The number of benzene rings is 2. The van der Waals surface area contributed by atoms with Crippen LogP contribution in [0, 0.1) is 0 Å². The van der Waals surface area contributed by atoms with E-state index in [0.717, 1.165) is 18.6 Å². The van der Waals surface area contributed by atoms with Gasteiger partial charge in [-0.25, -0.2) is 0 Å². The molecule has 1 aliphatic rings. The van der Waals surface area contributed by atoms with Crippen LogP contribution in [0.2, 0.25) is 0 Å². The normalized spacial score (nSPS) is 17.0. The quantitative estimate of drug-likeness (QED) is 0.712. The fourth-order valence-electron chi connectivity index (χ4n) is 4.07. The Kier molecular flexibility index (Phi) is 4.26. The molecule has 0 aliphatic heterocycles. The van der Waals surface area contributed by atoms with Gasteiger partial charge in [-0.3, -0.25) is 0 Å². The van der Waals surface area contributed by atoms with Gasteiger partial charge < -0.3 is 14.2 Å². The summed E-state index contributed by atoms with van der Waals surface area (Å²) in [4.78, 5) is 2.36. The molecule has 0 spiro atoms. The molecule has 1 atom stereocenters. The third-order valence-electron chi connectivity index (χ3n) is 5.54. The van der Waals surface area contributed by atoms with Crippen LogP contribution in [0.15, 0.2) is 48.5 Å². The van der Waals surface area contributed by atoms with Crippen molar-refractivity contribution < 1.29 is 4.74 Å². The molecular weight excluding hydrogens is 308 g/mol. The first kappa shape index (κ1) is 16.2. The van der Waals surface area contributed by atoms with Crippen LogP contribution in [-0.2, 0) is 26.5 Å². The molecule has 1 aliphatic carbocycles. The summed E-state index contributed by atoms with van der Waals surface area (Å²) < 4.78 is 8.62. The van der Waals surface area contributed by atoms with Gasteiger partial charge in [0.1, 0.15) is 12.4 Å². The largest absolute Gasteiger partial charge is 0.488 e. The van der Waals surface area contributed by atoms with Gasteiger partial charge >= 0.3 is 0 Å². The van der Waals surface area contributed by atoms with E-state index >= 15 is 0 Å². The summed E-state index contributed by atoms with van der Waals surface area (Å²) in [5.41, 5.74) is 5.44. The van der Waals surface area contributed by atoms with Gasteiger partial charge in [-0.15, -0.1) is 0 Å². The molecular formula is C22H26N2O. The van der Waals surface area contributed by atoms with E-state index in [9.17, 15) is 0 Å². The van der Waals surface area contributed by atoms with Crippen molar-refractivity contribution in [3.8, 4) is 5.75 Å². The molecule has 0 bridgehead atoms. The van der Waals surface area contributed by atoms with E-state index in [1.807, 2.05) is 6.07 Å². The van der Waals surface area contributed by atoms with Gasteiger partial charge in [-0.1, -0.05) is 36.4 Å². The molecule has 4 rings (SSSR count). The van der Waals surface area contributed by atoms with E-state index in [1.54, 1.807) is 0 Å². The van der Waals surface area contributed by atoms with Crippen LogP contribution in [-0.4, -0.2) is 29.6 Å². The minimum atomic E-state index is 0.611. The molecule has 3 aromatic rings. The van der Waals surface area contributed by atoms with Crippen molar-refractivity contribution in [3.63, 3.8) is 0 Å². The van der Waals surface area contributed by atoms with E-state index in [0.29, 0.717) is 12.6 Å². The fraction of sp³-hybridized carbons (Fsp3) is 0.364. The van der Waals surface area contributed by atoms with Crippen LogP contribution < -0.4 is 4.74 Å². The topological polar surface area (TPSA) is 17.4 Å². The Balaban J connectivity index is 1.73. The van der Waals surface area contributed by atoms with Crippen LogP contribution in [0.25, 0.3) is 10.9 Å². The smallest absolute Gasteiger partial charge is 0.129 e. The van der Waals surface area contributed by atoms with Crippen molar-refractivity contribution in [1.29, 1.82) is 0 Å². The van der Waals surface area contributed by atoms with E-state index in [4.69, 9.17) is 4.74 Å². The van der Waals surface area contributed by atoms with Crippen LogP contribution >= 0.6 is 0 Å². The van der Waals surface area contributed by atoms with Crippen LogP contribution in [0.5, 0.6) is 5.75 Å². The summed E-state index contributed by atoms with van der Waals surface area (Å²) in [7, 11) is 6.57. The molecule has 0 amide bonds. The second-order valence-corrected chi connectivity index (χ2v) is 7.27. The average molecular weight is 334 g/mol. The molecule has 0 saturated carbocycles. The molecule has 1 heterocycles. The second kappa shape index (κ2) is 6.57. The standard InChI is InChI=1S/C22H26N2O/c1-23(2)17-12-13-19-18(14-17)22-20(24(19)3)10-7-11-21(22)25-15-16-8-5-4-6-9-16/h4-11,17H,12-15H2,1-3H3. The zero-order valence-electron chi connectivity index (χ0n) is 15.3. The van der Waals surface area contributed by atoms with E-state index in [-0.39, 0.29) is 0 Å². The van der Waals surface area contributed by atoms with E-state index < -0.39 is 0 Å². The Bertz CT molecular complexity index is 880. The monoisotopic (exact) mass is 334 g/mol. The first-order valence-corrected chi connectivity index (χ1v) is 9.07. The van der Waals surface area contributed by atoms with Crippen LogP contribution in [0.1, 0.15) is 23.2 Å². The zero-order chi connectivity index (χ0) is 17.4. The molecule has 0 saturated heterocycles. The van der Waals surface area contributed by atoms with E-state index in [1.165, 1.54) is 34.1 Å². The summed E-state index contributed by atoms with van der Waals surface area (Å²) in [6.07, 6.45) is 3.47. The van der Waals surface area contributed by atoms with Gasteiger partial charge in [0.05, 0.1) is 5.52 Å². The Morgan fingerprint density at radius 1 is 1.08 bits per heavy atom. The van der Waals surface area contributed by atoms with Gasteiger partial charge in [-0.2, -0.15) is 0 Å². The highest BCUT2D eigenvalue weighted by atomic mass is 16.5. The van der Waals surface area contributed by atoms with Crippen molar-refractivity contribution in [1.82, 2.24) is 9.47 Å². The molecule has 0 N–H and O–H groups in total. The van der Waals surface area contributed by atoms with Crippen LogP contribution in [0.3, 0.4) is 0 Å². The lowest BCUT2D eigenvalue weighted by atomic mass is 9.90. The summed E-state index contributed by atoms with van der Waals surface area (Å²) >= 11 is 0. The van der Waals surface area contributed by atoms with Crippen LogP contribution in [0.4, 0.5) is 0 Å². The van der Waals surface area contributed by atoms with Crippen molar-refractivity contribution in [2.24, 2.45) is 7.05 Å². The Morgan fingerprint density at radius 3 is 2.64 bits per heavy atom.